The van der Waals surface area contributed by atoms with Crippen LogP contribution in [-0.4, -0.2) is 25.7 Å². The molecule has 0 aromatic heterocycles. The summed E-state index contributed by atoms with van der Waals surface area (Å²) >= 11 is 0. The van der Waals surface area contributed by atoms with Crippen molar-refractivity contribution in [1.29, 1.82) is 0 Å². The molecule has 3 aromatic rings. The number of anilines is 2. The van der Waals surface area contributed by atoms with E-state index in [0.29, 0.717) is 42.8 Å². The maximum absolute atomic E-state index is 13.3. The first-order valence-electron chi connectivity index (χ1n) is 9.98. The Morgan fingerprint density at radius 1 is 0.967 bits per heavy atom. The molecule has 0 unspecified atom stereocenters. The average Bonchev–Trinajstić information content (AvgIpc) is 2.79. The molecule has 1 aliphatic rings. The zero-order chi connectivity index (χ0) is 20.8. The van der Waals surface area contributed by atoms with Gasteiger partial charge >= 0.3 is 0 Å². The predicted molar refractivity (Wildman–Crippen MR) is 116 cm³/mol. The predicted octanol–water partition coefficient (Wildman–Crippen LogP) is 4.65. The molecule has 0 radical (unpaired) electrons. The van der Waals surface area contributed by atoms with Crippen molar-refractivity contribution in [2.24, 2.45) is 0 Å². The second-order valence-electron chi connectivity index (χ2n) is 6.76. The first kappa shape index (κ1) is 19.6. The van der Waals surface area contributed by atoms with Crippen LogP contribution >= 0.6 is 0 Å². The second-order valence-corrected chi connectivity index (χ2v) is 6.76. The van der Waals surface area contributed by atoms with Crippen molar-refractivity contribution in [1.82, 2.24) is 0 Å². The van der Waals surface area contributed by atoms with Gasteiger partial charge in [0.1, 0.15) is 25.0 Å². The van der Waals surface area contributed by atoms with Crippen molar-refractivity contribution in [2.45, 2.75) is 13.0 Å². The van der Waals surface area contributed by atoms with E-state index in [2.05, 4.69) is 10.6 Å². The van der Waals surface area contributed by atoms with E-state index in [1.165, 1.54) is 0 Å². The quantitative estimate of drug-likeness (QED) is 0.600. The summed E-state index contributed by atoms with van der Waals surface area (Å²) in [6, 6.07) is 22.0. The van der Waals surface area contributed by atoms with Crippen LogP contribution in [0.3, 0.4) is 0 Å². The van der Waals surface area contributed by atoms with Gasteiger partial charge in [0.25, 0.3) is 5.91 Å². The summed E-state index contributed by atoms with van der Waals surface area (Å²) in [5, 5.41) is 6.32. The molecule has 0 aliphatic carbocycles. The molecule has 4 rings (SSSR count). The summed E-state index contributed by atoms with van der Waals surface area (Å²) in [5.74, 6) is 1.82. The van der Waals surface area contributed by atoms with Gasteiger partial charge in [0.05, 0.1) is 12.3 Å². The number of carbonyl (C=O) groups is 1. The average molecular weight is 404 g/mol. The van der Waals surface area contributed by atoms with Crippen LogP contribution in [0.25, 0.3) is 0 Å². The number of ether oxygens (including phenoxy) is 3. The lowest BCUT2D eigenvalue weighted by molar-refractivity contribution is -0.117. The molecule has 1 amide bonds. The maximum atomic E-state index is 13.3. The highest BCUT2D eigenvalue weighted by Gasteiger charge is 2.23. The molecular formula is C24H24N2O4. The van der Waals surface area contributed by atoms with E-state index in [4.69, 9.17) is 14.2 Å². The number of para-hydroxylation sites is 2. The van der Waals surface area contributed by atoms with Gasteiger partial charge in [-0.15, -0.1) is 0 Å². The Hall–Kier alpha value is -3.67. The third kappa shape index (κ3) is 4.49. The van der Waals surface area contributed by atoms with E-state index < -0.39 is 6.04 Å². The van der Waals surface area contributed by atoms with Gasteiger partial charge in [-0.25, -0.2) is 0 Å². The second kappa shape index (κ2) is 9.22. The number of hydrogen-bond donors (Lipinski definition) is 2. The Kier molecular flexibility index (Phi) is 6.03. The summed E-state index contributed by atoms with van der Waals surface area (Å²) < 4.78 is 16.9. The van der Waals surface area contributed by atoms with Crippen molar-refractivity contribution in [3.05, 3.63) is 78.4 Å². The molecule has 0 saturated carbocycles. The third-order valence-electron chi connectivity index (χ3n) is 4.69. The van der Waals surface area contributed by atoms with Crippen molar-refractivity contribution in [2.75, 3.05) is 30.5 Å². The normalized spacial score (nSPS) is 13.2. The molecule has 2 N–H and O–H groups in total. The summed E-state index contributed by atoms with van der Waals surface area (Å²) in [4.78, 5) is 13.3. The highest BCUT2D eigenvalue weighted by atomic mass is 16.6. The van der Waals surface area contributed by atoms with Crippen molar-refractivity contribution in [3.8, 4) is 17.2 Å². The summed E-state index contributed by atoms with van der Waals surface area (Å²) in [6.07, 6.45) is 0. The van der Waals surface area contributed by atoms with Crippen molar-refractivity contribution in [3.63, 3.8) is 0 Å². The lowest BCUT2D eigenvalue weighted by Crippen LogP contribution is -2.27. The lowest BCUT2D eigenvalue weighted by Gasteiger charge is -2.23. The van der Waals surface area contributed by atoms with Gasteiger partial charge in [-0.05, 0) is 36.8 Å². The molecule has 6 nitrogen and oxygen atoms in total. The van der Waals surface area contributed by atoms with Crippen LogP contribution in [0.1, 0.15) is 18.5 Å². The Bertz CT molecular complexity index is 1010. The highest BCUT2D eigenvalue weighted by Crippen LogP contribution is 2.34. The minimum Gasteiger partial charge on any atom is -0.492 e. The van der Waals surface area contributed by atoms with Crippen molar-refractivity contribution >= 4 is 17.3 Å². The van der Waals surface area contributed by atoms with E-state index in [9.17, 15) is 4.79 Å². The first-order chi connectivity index (χ1) is 14.7. The fourth-order valence-corrected chi connectivity index (χ4v) is 3.30. The molecule has 0 spiro atoms. The van der Waals surface area contributed by atoms with Gasteiger partial charge in [-0.2, -0.15) is 0 Å². The highest BCUT2D eigenvalue weighted by molar-refractivity contribution is 5.98. The molecule has 1 aliphatic heterocycles. The lowest BCUT2D eigenvalue weighted by atomic mass is 10.1. The number of fused-ring (bicyclic) bond motifs is 1. The number of nitrogens with one attached hydrogen (secondary N) is 2. The van der Waals surface area contributed by atoms with Gasteiger partial charge in [-0.3, -0.25) is 4.79 Å². The van der Waals surface area contributed by atoms with Crippen LogP contribution in [0.15, 0.2) is 72.8 Å². The molecule has 6 heteroatoms. The molecular weight excluding hydrogens is 380 g/mol. The molecule has 1 heterocycles. The van der Waals surface area contributed by atoms with E-state index in [1.54, 1.807) is 0 Å². The third-order valence-corrected chi connectivity index (χ3v) is 4.69. The van der Waals surface area contributed by atoms with Crippen LogP contribution in [0.4, 0.5) is 11.4 Å². The zero-order valence-corrected chi connectivity index (χ0v) is 16.8. The molecule has 0 bridgehead atoms. The fraction of sp³-hybridized carbons (Fsp3) is 0.208. The summed E-state index contributed by atoms with van der Waals surface area (Å²) in [6.45, 7) is 3.47. The monoisotopic (exact) mass is 404 g/mol. The maximum Gasteiger partial charge on any atom is 0.251 e. The number of carbonyl (C=O) groups excluding carboxylic acids is 1. The van der Waals surface area contributed by atoms with E-state index in [0.717, 1.165) is 11.3 Å². The molecule has 0 fully saturated rings. The Morgan fingerprint density at radius 3 is 2.50 bits per heavy atom. The van der Waals surface area contributed by atoms with Crippen molar-refractivity contribution < 1.29 is 19.0 Å². The first-order valence-corrected chi connectivity index (χ1v) is 9.98. The van der Waals surface area contributed by atoms with Gasteiger partial charge in [-0.1, -0.05) is 42.5 Å². The SMILES string of the molecule is CCOc1ccccc1NC(=O)[C@@H](Nc1ccc2c(c1)OCCO2)c1ccccc1. The fourth-order valence-electron chi connectivity index (χ4n) is 3.30. The minimum atomic E-state index is -0.608. The molecule has 0 saturated heterocycles. The standard InChI is InChI=1S/C24H24N2O4/c1-2-28-20-11-7-6-10-19(20)26-24(27)23(17-8-4-3-5-9-17)25-18-12-13-21-22(16-18)30-15-14-29-21/h3-13,16,23,25H,2,14-15H2,1H3,(H,26,27)/t23-/m0/s1. The Labute approximate surface area is 175 Å². The molecule has 3 aromatic carbocycles. The van der Waals surface area contributed by atoms with Gasteiger partial charge in [0.2, 0.25) is 0 Å². The zero-order valence-electron chi connectivity index (χ0n) is 16.8. The smallest absolute Gasteiger partial charge is 0.251 e. The van der Waals surface area contributed by atoms with Crippen LogP contribution in [0, 0.1) is 0 Å². The molecule has 154 valence electrons. The van der Waals surface area contributed by atoms with Crippen LogP contribution in [-0.2, 0) is 4.79 Å². The van der Waals surface area contributed by atoms with Crippen LogP contribution < -0.4 is 24.8 Å². The van der Waals surface area contributed by atoms with E-state index >= 15 is 0 Å². The van der Waals surface area contributed by atoms with Gasteiger partial charge in [0.15, 0.2) is 11.5 Å². The number of hydrogen-bond acceptors (Lipinski definition) is 5. The van der Waals surface area contributed by atoms with Gasteiger partial charge in [0, 0.05) is 11.8 Å². The summed E-state index contributed by atoms with van der Waals surface area (Å²) in [7, 11) is 0. The number of benzene rings is 3. The largest absolute Gasteiger partial charge is 0.492 e. The Balaban J connectivity index is 1.60. The summed E-state index contributed by atoms with van der Waals surface area (Å²) in [5.41, 5.74) is 2.24. The van der Waals surface area contributed by atoms with Crippen LogP contribution in [0.5, 0.6) is 17.2 Å². The molecule has 1 atom stereocenters. The van der Waals surface area contributed by atoms with Gasteiger partial charge < -0.3 is 24.8 Å². The minimum absolute atomic E-state index is 0.191. The van der Waals surface area contributed by atoms with E-state index in [-0.39, 0.29) is 5.91 Å². The number of amides is 1. The number of rotatable bonds is 7. The van der Waals surface area contributed by atoms with E-state index in [1.807, 2.05) is 79.7 Å². The van der Waals surface area contributed by atoms with Crippen LogP contribution in [0.2, 0.25) is 0 Å². The topological polar surface area (TPSA) is 68.8 Å². The molecule has 30 heavy (non-hydrogen) atoms. The Morgan fingerprint density at radius 2 is 1.70 bits per heavy atom.